The molecule has 1 aromatic heterocycles. The number of amides is 2. The van der Waals surface area contributed by atoms with Gasteiger partial charge in [0.2, 0.25) is 11.8 Å². The smallest absolute Gasteiger partial charge is 0.227 e. The molecule has 0 spiro atoms. The number of nitrogens with zero attached hydrogens (tertiary/aromatic N) is 2. The first-order valence-corrected chi connectivity index (χ1v) is 10.7. The van der Waals surface area contributed by atoms with E-state index in [9.17, 15) is 9.59 Å². The molecule has 154 valence electrons. The zero-order chi connectivity index (χ0) is 20.8. The van der Waals surface area contributed by atoms with Gasteiger partial charge in [0.1, 0.15) is 0 Å². The normalized spacial score (nSPS) is 23.2. The van der Waals surface area contributed by atoms with Crippen LogP contribution in [0.4, 0.5) is 0 Å². The molecular weight excluding hydrogens is 374 g/mol. The Hall–Kier alpha value is -3.08. The number of benzene rings is 2. The van der Waals surface area contributed by atoms with Crippen LogP contribution < -0.4 is 0 Å². The zero-order valence-electron chi connectivity index (χ0n) is 17.5. The van der Waals surface area contributed by atoms with Crippen molar-refractivity contribution >= 4 is 22.7 Å². The second-order valence-electron chi connectivity index (χ2n) is 8.70. The molecule has 0 bridgehead atoms. The second kappa shape index (κ2) is 7.31. The van der Waals surface area contributed by atoms with Crippen LogP contribution in [0.5, 0.6) is 0 Å². The lowest BCUT2D eigenvalue weighted by atomic mass is 9.89. The number of aromatic amines is 1. The molecule has 2 aliphatic rings. The van der Waals surface area contributed by atoms with Crippen LogP contribution in [0.1, 0.15) is 29.8 Å². The molecule has 5 rings (SSSR count). The van der Waals surface area contributed by atoms with E-state index in [1.165, 1.54) is 5.56 Å². The number of aromatic nitrogens is 1. The van der Waals surface area contributed by atoms with Crippen LogP contribution in [0.15, 0.2) is 54.6 Å². The molecule has 3 atom stereocenters. The maximum absolute atomic E-state index is 13.2. The third-order valence-electron chi connectivity index (χ3n) is 6.92. The summed E-state index contributed by atoms with van der Waals surface area (Å²) in [7, 11) is 0. The van der Waals surface area contributed by atoms with Crippen LogP contribution in [0, 0.1) is 18.8 Å². The standard InChI is InChI=1S/C25H27N3O2/c1-16-21(20-10-6-7-11-23(20)26-16)12-24(30)27-13-19-14-28(17(2)29)25(22(19)15-27)18-8-4-3-5-9-18/h3-11,19,22,25-26H,12-15H2,1-2H3/t19-,22-,25+/m1/s1. The van der Waals surface area contributed by atoms with E-state index in [2.05, 4.69) is 29.2 Å². The molecule has 0 saturated carbocycles. The number of fused-ring (bicyclic) bond motifs is 2. The summed E-state index contributed by atoms with van der Waals surface area (Å²) in [6.07, 6.45) is 0.418. The summed E-state index contributed by atoms with van der Waals surface area (Å²) in [4.78, 5) is 32.9. The third-order valence-corrected chi connectivity index (χ3v) is 6.92. The van der Waals surface area contributed by atoms with Gasteiger partial charge in [-0.25, -0.2) is 0 Å². The van der Waals surface area contributed by atoms with Gasteiger partial charge in [-0.15, -0.1) is 0 Å². The summed E-state index contributed by atoms with van der Waals surface area (Å²) < 4.78 is 0. The van der Waals surface area contributed by atoms with Crippen LogP contribution >= 0.6 is 0 Å². The first kappa shape index (κ1) is 18.9. The van der Waals surface area contributed by atoms with E-state index in [4.69, 9.17) is 0 Å². The Morgan fingerprint density at radius 2 is 1.73 bits per heavy atom. The maximum Gasteiger partial charge on any atom is 0.227 e. The van der Waals surface area contributed by atoms with Crippen LogP contribution in [-0.2, 0) is 16.0 Å². The molecule has 3 aromatic rings. The van der Waals surface area contributed by atoms with Crippen molar-refractivity contribution in [1.29, 1.82) is 0 Å². The Kier molecular flexibility index (Phi) is 4.61. The molecule has 2 fully saturated rings. The molecule has 0 unspecified atom stereocenters. The van der Waals surface area contributed by atoms with E-state index in [-0.39, 0.29) is 17.9 Å². The third kappa shape index (κ3) is 3.09. The van der Waals surface area contributed by atoms with Gasteiger partial charge in [-0.2, -0.15) is 0 Å². The highest BCUT2D eigenvalue weighted by atomic mass is 16.2. The average molecular weight is 402 g/mol. The highest BCUT2D eigenvalue weighted by molar-refractivity contribution is 5.90. The van der Waals surface area contributed by atoms with Crippen LogP contribution in [0.25, 0.3) is 10.9 Å². The van der Waals surface area contributed by atoms with Crippen molar-refractivity contribution in [3.8, 4) is 0 Å². The minimum atomic E-state index is 0.0568. The lowest BCUT2D eigenvalue weighted by molar-refractivity contribution is -0.131. The SMILES string of the molecule is CC(=O)N1C[C@H]2CN(C(=O)Cc3c(C)[nH]c4ccccc34)C[C@H]2[C@@H]1c1ccccc1. The van der Waals surface area contributed by atoms with E-state index in [0.717, 1.165) is 35.2 Å². The Bertz CT molecular complexity index is 1100. The number of likely N-dealkylation sites (tertiary alicyclic amines) is 2. The fourth-order valence-electron chi connectivity index (χ4n) is 5.48. The molecule has 5 nitrogen and oxygen atoms in total. The number of rotatable bonds is 3. The summed E-state index contributed by atoms with van der Waals surface area (Å²) in [5.41, 5.74) is 4.41. The van der Waals surface area contributed by atoms with Crippen molar-refractivity contribution in [2.24, 2.45) is 11.8 Å². The minimum absolute atomic E-state index is 0.0568. The van der Waals surface area contributed by atoms with Gasteiger partial charge in [-0.3, -0.25) is 9.59 Å². The maximum atomic E-state index is 13.2. The summed E-state index contributed by atoms with van der Waals surface area (Å²) in [6.45, 7) is 5.87. The Morgan fingerprint density at radius 1 is 1.00 bits per heavy atom. The molecule has 5 heteroatoms. The van der Waals surface area contributed by atoms with Crippen LogP contribution in [-0.4, -0.2) is 46.2 Å². The van der Waals surface area contributed by atoms with Gasteiger partial charge >= 0.3 is 0 Å². The molecule has 2 aliphatic heterocycles. The second-order valence-corrected chi connectivity index (χ2v) is 8.70. The summed E-state index contributed by atoms with van der Waals surface area (Å²) in [5.74, 6) is 0.931. The average Bonchev–Trinajstić information content (AvgIpc) is 3.39. The summed E-state index contributed by atoms with van der Waals surface area (Å²) in [6, 6.07) is 18.5. The molecule has 1 N–H and O–H groups in total. The van der Waals surface area contributed by atoms with Crippen molar-refractivity contribution in [2.45, 2.75) is 26.3 Å². The number of H-pyrrole nitrogens is 1. The first-order chi connectivity index (χ1) is 14.5. The van der Waals surface area contributed by atoms with Crippen molar-refractivity contribution < 1.29 is 9.59 Å². The first-order valence-electron chi connectivity index (χ1n) is 10.7. The highest BCUT2D eigenvalue weighted by Crippen LogP contribution is 2.45. The van der Waals surface area contributed by atoms with Gasteiger partial charge in [0, 0.05) is 55.0 Å². The number of carbonyl (C=O) groups excluding carboxylic acids is 2. The predicted molar refractivity (Wildman–Crippen MR) is 117 cm³/mol. The lowest BCUT2D eigenvalue weighted by Gasteiger charge is -2.29. The Morgan fingerprint density at radius 3 is 2.50 bits per heavy atom. The van der Waals surface area contributed by atoms with Crippen LogP contribution in [0.2, 0.25) is 0 Å². The number of para-hydroxylation sites is 1. The molecular formula is C25H27N3O2. The van der Waals surface area contributed by atoms with E-state index in [1.807, 2.05) is 47.1 Å². The molecule has 30 heavy (non-hydrogen) atoms. The van der Waals surface area contributed by atoms with Crippen molar-refractivity contribution in [1.82, 2.24) is 14.8 Å². The summed E-state index contributed by atoms with van der Waals surface area (Å²) in [5, 5.41) is 1.13. The van der Waals surface area contributed by atoms with Crippen molar-refractivity contribution in [3.05, 3.63) is 71.4 Å². The van der Waals surface area contributed by atoms with Gasteiger partial charge < -0.3 is 14.8 Å². The number of aryl methyl sites for hydroxylation is 1. The Balaban J connectivity index is 1.37. The topological polar surface area (TPSA) is 56.4 Å². The van der Waals surface area contributed by atoms with E-state index >= 15 is 0 Å². The van der Waals surface area contributed by atoms with E-state index < -0.39 is 0 Å². The summed E-state index contributed by atoms with van der Waals surface area (Å²) >= 11 is 0. The molecule has 0 radical (unpaired) electrons. The lowest BCUT2D eigenvalue weighted by Crippen LogP contribution is -2.37. The van der Waals surface area contributed by atoms with Crippen LogP contribution in [0.3, 0.4) is 0 Å². The fourth-order valence-corrected chi connectivity index (χ4v) is 5.48. The van der Waals surface area contributed by atoms with E-state index in [0.29, 0.717) is 24.8 Å². The Labute approximate surface area is 176 Å². The van der Waals surface area contributed by atoms with Gasteiger partial charge in [0.15, 0.2) is 0 Å². The van der Waals surface area contributed by atoms with Gasteiger partial charge in [0.25, 0.3) is 0 Å². The quantitative estimate of drug-likeness (QED) is 0.728. The van der Waals surface area contributed by atoms with Crippen molar-refractivity contribution in [2.75, 3.05) is 19.6 Å². The number of hydrogen-bond acceptors (Lipinski definition) is 2. The fraction of sp³-hybridized carbons (Fsp3) is 0.360. The van der Waals surface area contributed by atoms with Crippen molar-refractivity contribution in [3.63, 3.8) is 0 Å². The highest BCUT2D eigenvalue weighted by Gasteiger charge is 2.49. The molecule has 2 amide bonds. The minimum Gasteiger partial charge on any atom is -0.358 e. The van der Waals surface area contributed by atoms with Gasteiger partial charge in [-0.1, -0.05) is 48.5 Å². The van der Waals surface area contributed by atoms with E-state index in [1.54, 1.807) is 6.92 Å². The number of nitrogens with one attached hydrogen (secondary N) is 1. The molecule has 2 saturated heterocycles. The van der Waals surface area contributed by atoms with Gasteiger partial charge in [-0.05, 0) is 24.1 Å². The molecule has 3 heterocycles. The monoisotopic (exact) mass is 401 g/mol. The zero-order valence-corrected chi connectivity index (χ0v) is 17.5. The van der Waals surface area contributed by atoms with Gasteiger partial charge in [0.05, 0.1) is 12.5 Å². The number of hydrogen-bond donors (Lipinski definition) is 1. The molecule has 2 aromatic carbocycles. The molecule has 0 aliphatic carbocycles. The number of carbonyl (C=O) groups is 2. The largest absolute Gasteiger partial charge is 0.358 e. The predicted octanol–water partition coefficient (Wildman–Crippen LogP) is 3.70.